The number of likely N-dealkylation sites (tertiary alicyclic amines) is 1. The van der Waals surface area contributed by atoms with E-state index in [1.807, 2.05) is 4.90 Å². The van der Waals surface area contributed by atoms with Crippen LogP contribution >= 0.6 is 11.6 Å². The number of fused-ring (bicyclic) bond motifs is 1. The number of rotatable bonds is 5. The molecule has 1 aromatic carbocycles. The van der Waals surface area contributed by atoms with E-state index in [1.54, 1.807) is 0 Å². The molecule has 0 aromatic heterocycles. The molecule has 4 aliphatic rings. The highest BCUT2D eigenvalue weighted by atomic mass is 35.5. The first-order valence-electron chi connectivity index (χ1n) is 12.6. The second-order valence-electron chi connectivity index (χ2n) is 10.6. The Bertz CT molecular complexity index is 882. The Balaban J connectivity index is 1.09. The highest BCUT2D eigenvalue weighted by Gasteiger charge is 2.51. The van der Waals surface area contributed by atoms with Gasteiger partial charge in [0.15, 0.2) is 0 Å². The lowest BCUT2D eigenvalue weighted by atomic mass is 9.90. The van der Waals surface area contributed by atoms with E-state index in [-0.39, 0.29) is 28.6 Å². The molecule has 4 fully saturated rings. The lowest BCUT2D eigenvalue weighted by molar-refractivity contribution is 0.00672. The van der Waals surface area contributed by atoms with Crippen molar-refractivity contribution in [2.75, 3.05) is 38.0 Å². The second-order valence-corrected chi connectivity index (χ2v) is 11.0. The number of hydrogen-bond acceptors (Lipinski definition) is 4. The van der Waals surface area contributed by atoms with Gasteiger partial charge in [-0.05, 0) is 88.6 Å². The second kappa shape index (κ2) is 9.33. The number of β-amino-alcohol motifs (C(OH)–C–C–N with tert-alkyl or cyclic N) is 1. The summed E-state index contributed by atoms with van der Waals surface area (Å²) in [4.78, 5) is 19.9. The quantitative estimate of drug-likeness (QED) is 0.666. The highest BCUT2D eigenvalue weighted by Crippen LogP contribution is 2.53. The fourth-order valence-electron chi connectivity index (χ4n) is 6.41. The summed E-state index contributed by atoms with van der Waals surface area (Å²) >= 11 is 5.85. The Morgan fingerprint density at radius 3 is 2.79 bits per heavy atom. The molecule has 2 N–H and O–H groups in total. The maximum atomic E-state index is 13.4. The molecular formula is C25H36ClFN4O2. The summed E-state index contributed by atoms with van der Waals surface area (Å²) in [6.07, 6.45) is 8.10. The topological polar surface area (TPSA) is 59.1 Å². The molecule has 182 valence electrons. The van der Waals surface area contributed by atoms with Crippen LogP contribution in [0, 0.1) is 11.2 Å². The number of amides is 2. The number of piperidine rings is 1. The summed E-state index contributed by atoms with van der Waals surface area (Å²) in [5.74, 6) is -0.489. The third kappa shape index (κ3) is 4.75. The number of benzene rings is 1. The Morgan fingerprint density at radius 1 is 1.24 bits per heavy atom. The fourth-order valence-corrected chi connectivity index (χ4v) is 6.59. The molecule has 3 saturated heterocycles. The monoisotopic (exact) mass is 478 g/mol. The van der Waals surface area contributed by atoms with Gasteiger partial charge in [-0.1, -0.05) is 11.6 Å². The van der Waals surface area contributed by atoms with E-state index in [1.165, 1.54) is 43.9 Å². The minimum absolute atomic E-state index is 0.00964. The lowest BCUT2D eigenvalue weighted by Gasteiger charge is -2.45. The van der Waals surface area contributed by atoms with Crippen LogP contribution in [0.25, 0.3) is 0 Å². The molecule has 6 nitrogen and oxygen atoms in total. The number of piperazine rings is 1. The number of halogens is 2. The summed E-state index contributed by atoms with van der Waals surface area (Å²) in [7, 11) is 0. The molecule has 33 heavy (non-hydrogen) atoms. The lowest BCUT2D eigenvalue weighted by Crippen LogP contribution is -2.60. The van der Waals surface area contributed by atoms with E-state index < -0.39 is 5.82 Å². The van der Waals surface area contributed by atoms with Crippen LogP contribution in [0.2, 0.25) is 5.02 Å². The van der Waals surface area contributed by atoms with Gasteiger partial charge in [-0.15, -0.1) is 0 Å². The summed E-state index contributed by atoms with van der Waals surface area (Å²) in [6, 6.07) is 5.22. The fraction of sp³-hybridized carbons (Fsp3) is 0.720. The molecule has 1 spiro atoms. The van der Waals surface area contributed by atoms with E-state index in [2.05, 4.69) is 22.0 Å². The third-order valence-electron chi connectivity index (χ3n) is 8.74. The number of hydrogen-bond donors (Lipinski definition) is 2. The predicted octanol–water partition coefficient (Wildman–Crippen LogP) is 4.18. The highest BCUT2D eigenvalue weighted by molar-refractivity contribution is 6.31. The molecule has 2 amide bonds. The van der Waals surface area contributed by atoms with Crippen molar-refractivity contribution in [3.8, 4) is 0 Å². The van der Waals surface area contributed by atoms with Crippen molar-refractivity contribution in [3.05, 3.63) is 29.0 Å². The van der Waals surface area contributed by atoms with Gasteiger partial charge in [-0.25, -0.2) is 9.18 Å². The van der Waals surface area contributed by atoms with Gasteiger partial charge >= 0.3 is 6.03 Å². The maximum Gasteiger partial charge on any atom is 0.322 e. The van der Waals surface area contributed by atoms with Crippen LogP contribution in [-0.2, 0) is 0 Å². The number of carbonyl (C=O) groups excluding carboxylic acids is 1. The first-order chi connectivity index (χ1) is 15.9. The normalized spacial score (nSPS) is 31.6. The number of nitrogens with zero attached hydrogens (tertiary/aromatic N) is 3. The van der Waals surface area contributed by atoms with Crippen molar-refractivity contribution in [2.45, 2.75) is 76.1 Å². The average molecular weight is 479 g/mol. The first kappa shape index (κ1) is 23.3. The molecule has 4 unspecified atom stereocenters. The first-order valence-corrected chi connectivity index (χ1v) is 12.9. The Hall–Kier alpha value is -1.41. The molecule has 4 atom stereocenters. The van der Waals surface area contributed by atoms with Gasteiger partial charge in [-0.2, -0.15) is 0 Å². The van der Waals surface area contributed by atoms with Crippen LogP contribution in [0.3, 0.4) is 0 Å². The SMILES string of the molecule is CC1C2CCC(CCCN3CCC4(CC4)C(O)C3)N2CCN1C(=O)Nc1ccc(F)c(Cl)c1. The molecule has 5 rings (SSSR count). The van der Waals surface area contributed by atoms with Crippen molar-refractivity contribution >= 4 is 23.3 Å². The number of aliphatic hydroxyl groups excluding tert-OH is 1. The zero-order valence-electron chi connectivity index (χ0n) is 19.5. The third-order valence-corrected chi connectivity index (χ3v) is 9.03. The van der Waals surface area contributed by atoms with Crippen molar-refractivity contribution in [1.29, 1.82) is 0 Å². The number of carbonyl (C=O) groups is 1. The van der Waals surface area contributed by atoms with Gasteiger partial charge < -0.3 is 20.2 Å². The van der Waals surface area contributed by atoms with E-state index in [9.17, 15) is 14.3 Å². The maximum absolute atomic E-state index is 13.4. The van der Waals surface area contributed by atoms with Crippen LogP contribution in [0.5, 0.6) is 0 Å². The van der Waals surface area contributed by atoms with E-state index in [4.69, 9.17) is 11.6 Å². The molecule has 1 aliphatic carbocycles. The predicted molar refractivity (Wildman–Crippen MR) is 128 cm³/mol. The largest absolute Gasteiger partial charge is 0.391 e. The number of anilines is 1. The smallest absolute Gasteiger partial charge is 0.322 e. The summed E-state index contributed by atoms with van der Waals surface area (Å²) in [5, 5.41) is 13.3. The van der Waals surface area contributed by atoms with E-state index in [0.717, 1.165) is 45.4 Å². The van der Waals surface area contributed by atoms with Crippen molar-refractivity contribution in [2.24, 2.45) is 5.41 Å². The van der Waals surface area contributed by atoms with Crippen LogP contribution in [-0.4, -0.2) is 82.8 Å². The number of urea groups is 1. The average Bonchev–Trinajstić information content (AvgIpc) is 3.46. The van der Waals surface area contributed by atoms with E-state index >= 15 is 0 Å². The summed E-state index contributed by atoms with van der Waals surface area (Å²) < 4.78 is 13.4. The van der Waals surface area contributed by atoms with Crippen LogP contribution in [0.15, 0.2) is 18.2 Å². The standard InChI is InChI=1S/C25H36ClFN4O2/c1-17-22-7-5-19(3-2-11-29-12-10-25(8-9-25)23(32)16-29)31(22)14-13-30(17)24(33)28-18-4-6-21(27)20(26)15-18/h4,6,15,17,19,22-23,32H,2-3,5,7-14,16H2,1H3,(H,28,33). The summed E-state index contributed by atoms with van der Waals surface area (Å²) in [5.41, 5.74) is 0.793. The van der Waals surface area contributed by atoms with E-state index in [0.29, 0.717) is 24.3 Å². The van der Waals surface area contributed by atoms with Gasteiger partial charge in [0, 0.05) is 43.4 Å². The van der Waals surface area contributed by atoms with Crippen molar-refractivity contribution in [1.82, 2.24) is 14.7 Å². The van der Waals surface area contributed by atoms with Gasteiger partial charge in [0.05, 0.1) is 11.1 Å². The van der Waals surface area contributed by atoms with Crippen LogP contribution < -0.4 is 5.32 Å². The Labute approximate surface area is 201 Å². The Morgan fingerprint density at radius 2 is 2.06 bits per heavy atom. The molecule has 3 heterocycles. The molecule has 1 aromatic rings. The minimum Gasteiger partial charge on any atom is -0.391 e. The van der Waals surface area contributed by atoms with Gasteiger partial charge in [-0.3, -0.25) is 4.90 Å². The molecule has 0 radical (unpaired) electrons. The van der Waals surface area contributed by atoms with Gasteiger partial charge in [0.2, 0.25) is 0 Å². The zero-order valence-corrected chi connectivity index (χ0v) is 20.2. The van der Waals surface area contributed by atoms with Crippen molar-refractivity contribution in [3.63, 3.8) is 0 Å². The van der Waals surface area contributed by atoms with Gasteiger partial charge in [0.25, 0.3) is 0 Å². The molecule has 3 aliphatic heterocycles. The zero-order chi connectivity index (χ0) is 23.2. The number of nitrogens with one attached hydrogen (secondary N) is 1. The number of aliphatic hydroxyl groups is 1. The summed E-state index contributed by atoms with van der Waals surface area (Å²) in [6.45, 7) is 6.77. The van der Waals surface area contributed by atoms with Crippen LogP contribution in [0.1, 0.15) is 51.9 Å². The minimum atomic E-state index is -0.489. The van der Waals surface area contributed by atoms with Crippen LogP contribution in [0.4, 0.5) is 14.9 Å². The molecule has 0 bridgehead atoms. The molecular weight excluding hydrogens is 443 g/mol. The van der Waals surface area contributed by atoms with Gasteiger partial charge in [0.1, 0.15) is 5.82 Å². The molecule has 8 heteroatoms. The Kier molecular flexibility index (Phi) is 6.60. The van der Waals surface area contributed by atoms with Crippen molar-refractivity contribution < 1.29 is 14.3 Å². The molecule has 1 saturated carbocycles.